The van der Waals surface area contributed by atoms with E-state index in [1.54, 1.807) is 18.6 Å². The predicted octanol–water partition coefficient (Wildman–Crippen LogP) is 4.10. The smallest absolute Gasteiger partial charge is 0.158 e. The van der Waals surface area contributed by atoms with Crippen LogP contribution in [0, 0.1) is 0 Å². The highest BCUT2D eigenvalue weighted by Crippen LogP contribution is 2.21. The first-order valence-corrected chi connectivity index (χ1v) is 6.32. The molecule has 0 aliphatic carbocycles. The van der Waals surface area contributed by atoms with E-state index in [4.69, 9.17) is 37.1 Å². The van der Waals surface area contributed by atoms with Crippen molar-refractivity contribution < 1.29 is 13.9 Å². The SMILES string of the molecule is ClC(Cl)=Cc1cocc1COC1CCCCO1. The molecule has 1 aromatic heterocycles. The molecule has 0 N–H and O–H groups in total. The van der Waals surface area contributed by atoms with E-state index in [0.717, 1.165) is 37.0 Å². The van der Waals surface area contributed by atoms with Crippen molar-refractivity contribution in [1.82, 2.24) is 0 Å². The quantitative estimate of drug-likeness (QED) is 0.830. The first-order chi connectivity index (χ1) is 8.25. The van der Waals surface area contributed by atoms with Crippen LogP contribution in [0.5, 0.6) is 0 Å². The Hall–Kier alpha value is -0.480. The van der Waals surface area contributed by atoms with Crippen LogP contribution in [0.1, 0.15) is 30.4 Å². The summed E-state index contributed by atoms with van der Waals surface area (Å²) >= 11 is 11.2. The molecule has 1 aromatic rings. The van der Waals surface area contributed by atoms with Gasteiger partial charge < -0.3 is 13.9 Å². The van der Waals surface area contributed by atoms with Crippen LogP contribution in [0.3, 0.4) is 0 Å². The largest absolute Gasteiger partial charge is 0.472 e. The molecule has 17 heavy (non-hydrogen) atoms. The van der Waals surface area contributed by atoms with Crippen LogP contribution in [-0.4, -0.2) is 12.9 Å². The number of halogens is 2. The van der Waals surface area contributed by atoms with Crippen molar-refractivity contribution in [2.24, 2.45) is 0 Å². The van der Waals surface area contributed by atoms with Gasteiger partial charge in [0.1, 0.15) is 4.49 Å². The Balaban J connectivity index is 1.90. The van der Waals surface area contributed by atoms with Crippen molar-refractivity contribution in [2.75, 3.05) is 6.61 Å². The summed E-state index contributed by atoms with van der Waals surface area (Å²) in [4.78, 5) is 0. The van der Waals surface area contributed by atoms with Crippen LogP contribution < -0.4 is 0 Å². The zero-order valence-corrected chi connectivity index (χ0v) is 10.8. The van der Waals surface area contributed by atoms with E-state index < -0.39 is 0 Å². The first kappa shape index (κ1) is 13.0. The highest BCUT2D eigenvalue weighted by atomic mass is 35.5. The summed E-state index contributed by atoms with van der Waals surface area (Å²) in [5.74, 6) is 0. The molecule has 1 unspecified atom stereocenters. The maximum absolute atomic E-state index is 5.65. The topological polar surface area (TPSA) is 31.6 Å². The molecule has 5 heteroatoms. The lowest BCUT2D eigenvalue weighted by Crippen LogP contribution is -2.22. The number of rotatable bonds is 4. The molecule has 0 aromatic carbocycles. The highest BCUT2D eigenvalue weighted by molar-refractivity contribution is 6.57. The van der Waals surface area contributed by atoms with Crippen molar-refractivity contribution in [3.63, 3.8) is 0 Å². The lowest BCUT2D eigenvalue weighted by molar-refractivity contribution is -0.169. The molecule has 94 valence electrons. The van der Waals surface area contributed by atoms with Crippen LogP contribution in [0.15, 0.2) is 21.4 Å². The molecule has 1 saturated heterocycles. The molecule has 0 bridgehead atoms. The van der Waals surface area contributed by atoms with Crippen LogP contribution >= 0.6 is 23.2 Å². The van der Waals surface area contributed by atoms with E-state index in [-0.39, 0.29) is 10.8 Å². The summed E-state index contributed by atoms with van der Waals surface area (Å²) in [7, 11) is 0. The molecule has 0 radical (unpaired) electrons. The van der Waals surface area contributed by atoms with E-state index in [1.807, 2.05) is 0 Å². The van der Waals surface area contributed by atoms with Crippen molar-refractivity contribution in [2.45, 2.75) is 32.2 Å². The lowest BCUT2D eigenvalue weighted by atomic mass is 10.2. The molecule has 0 amide bonds. The minimum absolute atomic E-state index is 0.109. The van der Waals surface area contributed by atoms with Crippen LogP contribution in [-0.2, 0) is 16.1 Å². The molecule has 2 heterocycles. The Morgan fingerprint density at radius 3 is 3.00 bits per heavy atom. The normalized spacial score (nSPS) is 20.2. The Morgan fingerprint density at radius 1 is 1.41 bits per heavy atom. The van der Waals surface area contributed by atoms with Crippen molar-refractivity contribution >= 4 is 29.3 Å². The average Bonchev–Trinajstić information content (AvgIpc) is 2.74. The Bertz CT molecular complexity index is 377. The van der Waals surface area contributed by atoms with Gasteiger partial charge in [0.25, 0.3) is 0 Å². The van der Waals surface area contributed by atoms with E-state index >= 15 is 0 Å². The molecule has 0 saturated carbocycles. The van der Waals surface area contributed by atoms with Crippen molar-refractivity contribution in [3.05, 3.63) is 28.1 Å². The van der Waals surface area contributed by atoms with Crippen molar-refractivity contribution in [3.8, 4) is 0 Å². The maximum atomic E-state index is 5.65. The van der Waals surface area contributed by atoms with Crippen LogP contribution in [0.4, 0.5) is 0 Å². The second kappa shape index (κ2) is 6.45. The van der Waals surface area contributed by atoms with Gasteiger partial charge in [-0.15, -0.1) is 0 Å². The number of furan rings is 1. The van der Waals surface area contributed by atoms with Gasteiger partial charge >= 0.3 is 0 Å². The first-order valence-electron chi connectivity index (χ1n) is 5.56. The molecular formula is C12H14Cl2O3. The zero-order valence-electron chi connectivity index (χ0n) is 9.33. The van der Waals surface area contributed by atoms with Gasteiger partial charge in [0.2, 0.25) is 0 Å². The molecule has 1 aliphatic heterocycles. The minimum Gasteiger partial charge on any atom is -0.472 e. The summed E-state index contributed by atoms with van der Waals surface area (Å²) in [5, 5.41) is 0. The summed E-state index contributed by atoms with van der Waals surface area (Å²) < 4.78 is 16.4. The highest BCUT2D eigenvalue weighted by Gasteiger charge is 2.15. The van der Waals surface area contributed by atoms with E-state index in [9.17, 15) is 0 Å². The average molecular weight is 277 g/mol. The number of hydrogen-bond acceptors (Lipinski definition) is 3. The fraction of sp³-hybridized carbons (Fsp3) is 0.500. The molecule has 1 aliphatic rings. The fourth-order valence-corrected chi connectivity index (χ4v) is 1.96. The lowest BCUT2D eigenvalue weighted by Gasteiger charge is -2.22. The molecule has 1 fully saturated rings. The zero-order chi connectivity index (χ0) is 12.1. The minimum atomic E-state index is -0.109. The van der Waals surface area contributed by atoms with Gasteiger partial charge in [0, 0.05) is 17.7 Å². The molecule has 2 rings (SSSR count). The molecular weight excluding hydrogens is 263 g/mol. The third-order valence-corrected chi connectivity index (χ3v) is 2.82. The third kappa shape index (κ3) is 4.03. The van der Waals surface area contributed by atoms with Gasteiger partial charge in [0.05, 0.1) is 19.1 Å². The van der Waals surface area contributed by atoms with Crippen LogP contribution in [0.25, 0.3) is 6.08 Å². The van der Waals surface area contributed by atoms with Gasteiger partial charge in [-0.05, 0) is 25.3 Å². The standard InChI is InChI=1S/C12H14Cl2O3/c13-11(14)5-9-6-15-7-10(9)8-17-12-3-1-2-4-16-12/h5-7,12H,1-4,8H2. The Kier molecular flexibility index (Phi) is 4.92. The second-order valence-corrected chi connectivity index (χ2v) is 4.90. The monoisotopic (exact) mass is 276 g/mol. The summed E-state index contributed by atoms with van der Waals surface area (Å²) in [5.41, 5.74) is 1.75. The second-order valence-electron chi connectivity index (χ2n) is 3.89. The number of ether oxygens (including phenoxy) is 2. The third-order valence-electron chi connectivity index (χ3n) is 2.60. The summed E-state index contributed by atoms with van der Waals surface area (Å²) in [6, 6.07) is 0. The van der Waals surface area contributed by atoms with E-state index in [0.29, 0.717) is 6.61 Å². The summed E-state index contributed by atoms with van der Waals surface area (Å²) in [6.45, 7) is 1.21. The fourth-order valence-electron chi connectivity index (χ4n) is 1.72. The maximum Gasteiger partial charge on any atom is 0.158 e. The van der Waals surface area contributed by atoms with Gasteiger partial charge in [-0.25, -0.2) is 0 Å². The van der Waals surface area contributed by atoms with E-state index in [1.165, 1.54) is 0 Å². The summed E-state index contributed by atoms with van der Waals surface area (Å²) in [6.07, 6.45) is 7.95. The van der Waals surface area contributed by atoms with Gasteiger partial charge in [-0.2, -0.15) is 0 Å². The molecule has 1 atom stereocenters. The Labute approximate surface area is 110 Å². The van der Waals surface area contributed by atoms with Gasteiger partial charge in [-0.1, -0.05) is 23.2 Å². The molecule has 3 nitrogen and oxygen atoms in total. The van der Waals surface area contributed by atoms with E-state index in [2.05, 4.69) is 0 Å². The predicted molar refractivity (Wildman–Crippen MR) is 66.8 cm³/mol. The Morgan fingerprint density at radius 2 is 2.29 bits per heavy atom. The number of hydrogen-bond donors (Lipinski definition) is 0. The van der Waals surface area contributed by atoms with Gasteiger partial charge in [0.15, 0.2) is 6.29 Å². The van der Waals surface area contributed by atoms with Gasteiger partial charge in [-0.3, -0.25) is 0 Å². The molecule has 0 spiro atoms. The van der Waals surface area contributed by atoms with Crippen molar-refractivity contribution in [1.29, 1.82) is 0 Å². The van der Waals surface area contributed by atoms with Crippen LogP contribution in [0.2, 0.25) is 0 Å².